The standard InChI is InChI=1S/C18H28O2/c1-12(2)15-8-6-7-9-18(15,19)17-14(4)10-13(3)11-16(17)20-5/h10-12,15,19H,6-9H2,1-5H3. The summed E-state index contributed by atoms with van der Waals surface area (Å²) in [6.07, 6.45) is 4.26. The van der Waals surface area contributed by atoms with E-state index >= 15 is 0 Å². The summed E-state index contributed by atoms with van der Waals surface area (Å²) in [7, 11) is 1.70. The quantitative estimate of drug-likeness (QED) is 0.889. The lowest BCUT2D eigenvalue weighted by Gasteiger charge is -2.44. The zero-order valence-corrected chi connectivity index (χ0v) is 13.5. The molecule has 2 heteroatoms. The number of methoxy groups -OCH3 is 1. The smallest absolute Gasteiger partial charge is 0.125 e. The number of benzene rings is 1. The molecule has 1 aliphatic rings. The topological polar surface area (TPSA) is 29.5 Å². The number of aliphatic hydroxyl groups is 1. The van der Waals surface area contributed by atoms with Crippen molar-refractivity contribution in [2.45, 2.75) is 59.0 Å². The van der Waals surface area contributed by atoms with E-state index in [1.165, 1.54) is 12.0 Å². The maximum Gasteiger partial charge on any atom is 0.125 e. The summed E-state index contributed by atoms with van der Waals surface area (Å²) in [6.45, 7) is 8.60. The van der Waals surface area contributed by atoms with E-state index in [1.54, 1.807) is 7.11 Å². The van der Waals surface area contributed by atoms with Gasteiger partial charge in [-0.1, -0.05) is 32.8 Å². The lowest BCUT2D eigenvalue weighted by Crippen LogP contribution is -2.41. The Bertz CT molecular complexity index is 479. The fourth-order valence-electron chi connectivity index (χ4n) is 4.02. The van der Waals surface area contributed by atoms with E-state index in [1.807, 2.05) is 6.07 Å². The molecule has 1 aromatic rings. The van der Waals surface area contributed by atoms with Gasteiger partial charge in [-0.3, -0.25) is 0 Å². The van der Waals surface area contributed by atoms with Crippen molar-refractivity contribution in [1.82, 2.24) is 0 Å². The molecule has 0 radical (unpaired) electrons. The molecule has 0 aliphatic heterocycles. The van der Waals surface area contributed by atoms with Crippen LogP contribution < -0.4 is 4.74 Å². The molecule has 0 amide bonds. The first-order chi connectivity index (χ1) is 9.40. The molecule has 0 bridgehead atoms. The Balaban J connectivity index is 2.57. The fourth-order valence-corrected chi connectivity index (χ4v) is 4.02. The summed E-state index contributed by atoms with van der Waals surface area (Å²) in [4.78, 5) is 0. The largest absolute Gasteiger partial charge is 0.496 e. The third-order valence-corrected chi connectivity index (χ3v) is 4.84. The van der Waals surface area contributed by atoms with E-state index < -0.39 is 5.60 Å². The van der Waals surface area contributed by atoms with Gasteiger partial charge >= 0.3 is 0 Å². The molecule has 0 saturated heterocycles. The summed E-state index contributed by atoms with van der Waals surface area (Å²) in [5, 5.41) is 11.5. The predicted molar refractivity (Wildman–Crippen MR) is 83.2 cm³/mol. The molecule has 0 heterocycles. The van der Waals surface area contributed by atoms with Crippen LogP contribution in [0.2, 0.25) is 0 Å². The maximum atomic E-state index is 11.5. The molecule has 1 N–H and O–H groups in total. The lowest BCUT2D eigenvalue weighted by molar-refractivity contribution is -0.0739. The molecule has 0 spiro atoms. The number of rotatable bonds is 3. The molecule has 2 unspecified atom stereocenters. The number of hydrogen-bond donors (Lipinski definition) is 1. The minimum absolute atomic E-state index is 0.312. The molecular formula is C18H28O2. The normalized spacial score (nSPS) is 26.9. The molecule has 2 nitrogen and oxygen atoms in total. The van der Waals surface area contributed by atoms with Gasteiger partial charge in [-0.05, 0) is 55.7 Å². The van der Waals surface area contributed by atoms with Gasteiger partial charge in [0.15, 0.2) is 0 Å². The van der Waals surface area contributed by atoms with Gasteiger partial charge < -0.3 is 9.84 Å². The van der Waals surface area contributed by atoms with Crippen molar-refractivity contribution in [2.24, 2.45) is 11.8 Å². The Labute approximate surface area is 123 Å². The average molecular weight is 276 g/mol. The zero-order valence-electron chi connectivity index (χ0n) is 13.5. The van der Waals surface area contributed by atoms with Gasteiger partial charge in [-0.2, -0.15) is 0 Å². The highest BCUT2D eigenvalue weighted by Crippen LogP contribution is 2.49. The monoisotopic (exact) mass is 276 g/mol. The van der Waals surface area contributed by atoms with Gasteiger partial charge in [0, 0.05) is 5.56 Å². The summed E-state index contributed by atoms with van der Waals surface area (Å²) >= 11 is 0. The van der Waals surface area contributed by atoms with Crippen molar-refractivity contribution in [1.29, 1.82) is 0 Å². The minimum Gasteiger partial charge on any atom is -0.496 e. The highest BCUT2D eigenvalue weighted by Gasteiger charge is 2.44. The average Bonchev–Trinajstić information content (AvgIpc) is 2.37. The number of ether oxygens (including phenoxy) is 1. The van der Waals surface area contributed by atoms with Crippen LogP contribution in [0.1, 0.15) is 56.2 Å². The van der Waals surface area contributed by atoms with Crippen LogP contribution in [0.3, 0.4) is 0 Å². The van der Waals surface area contributed by atoms with Crippen molar-refractivity contribution >= 4 is 0 Å². The second-order valence-corrected chi connectivity index (χ2v) is 6.68. The Morgan fingerprint density at radius 1 is 1.25 bits per heavy atom. The molecule has 0 aromatic heterocycles. The highest BCUT2D eigenvalue weighted by molar-refractivity contribution is 5.47. The lowest BCUT2D eigenvalue weighted by atomic mass is 9.66. The molecule has 112 valence electrons. The van der Waals surface area contributed by atoms with Gasteiger partial charge in [-0.25, -0.2) is 0 Å². The summed E-state index contributed by atoms with van der Waals surface area (Å²) in [5.41, 5.74) is 2.61. The Kier molecular flexibility index (Phi) is 4.43. The Morgan fingerprint density at radius 3 is 2.55 bits per heavy atom. The Morgan fingerprint density at radius 2 is 1.95 bits per heavy atom. The fraction of sp³-hybridized carbons (Fsp3) is 0.667. The zero-order chi connectivity index (χ0) is 14.9. The third-order valence-electron chi connectivity index (χ3n) is 4.84. The van der Waals surface area contributed by atoms with Crippen molar-refractivity contribution in [3.05, 3.63) is 28.8 Å². The molecule has 20 heavy (non-hydrogen) atoms. The molecule has 2 atom stereocenters. The first-order valence-electron chi connectivity index (χ1n) is 7.78. The first kappa shape index (κ1) is 15.4. The highest BCUT2D eigenvalue weighted by atomic mass is 16.5. The second-order valence-electron chi connectivity index (χ2n) is 6.68. The van der Waals surface area contributed by atoms with Crippen molar-refractivity contribution < 1.29 is 9.84 Å². The van der Waals surface area contributed by atoms with Crippen LogP contribution in [-0.4, -0.2) is 12.2 Å². The molecule has 1 fully saturated rings. The summed E-state index contributed by atoms with van der Waals surface area (Å²) in [6, 6.07) is 4.20. The van der Waals surface area contributed by atoms with E-state index in [0.29, 0.717) is 11.8 Å². The second kappa shape index (κ2) is 5.77. The Hall–Kier alpha value is -1.02. The van der Waals surface area contributed by atoms with E-state index in [2.05, 4.69) is 33.8 Å². The summed E-state index contributed by atoms with van der Waals surface area (Å²) < 4.78 is 5.59. The van der Waals surface area contributed by atoms with Crippen LogP contribution in [0, 0.1) is 25.7 Å². The van der Waals surface area contributed by atoms with Gasteiger partial charge in [0.2, 0.25) is 0 Å². The van der Waals surface area contributed by atoms with Gasteiger partial charge in [0.1, 0.15) is 5.75 Å². The molecule has 1 saturated carbocycles. The van der Waals surface area contributed by atoms with Crippen molar-refractivity contribution in [3.63, 3.8) is 0 Å². The van der Waals surface area contributed by atoms with Gasteiger partial charge in [-0.15, -0.1) is 0 Å². The van der Waals surface area contributed by atoms with Crippen LogP contribution in [0.25, 0.3) is 0 Å². The van der Waals surface area contributed by atoms with Crippen LogP contribution >= 0.6 is 0 Å². The molecule has 1 aliphatic carbocycles. The van der Waals surface area contributed by atoms with Crippen LogP contribution in [0.4, 0.5) is 0 Å². The van der Waals surface area contributed by atoms with Gasteiger partial charge in [0.25, 0.3) is 0 Å². The SMILES string of the molecule is COc1cc(C)cc(C)c1C1(O)CCCCC1C(C)C. The van der Waals surface area contributed by atoms with Crippen LogP contribution in [-0.2, 0) is 5.60 Å². The first-order valence-corrected chi connectivity index (χ1v) is 7.78. The number of aryl methyl sites for hydroxylation is 2. The molecule has 2 rings (SSSR count). The van der Waals surface area contributed by atoms with E-state index in [4.69, 9.17) is 4.74 Å². The van der Waals surface area contributed by atoms with Gasteiger partial charge in [0.05, 0.1) is 12.7 Å². The van der Waals surface area contributed by atoms with Crippen molar-refractivity contribution in [2.75, 3.05) is 7.11 Å². The third kappa shape index (κ3) is 2.58. The minimum atomic E-state index is -0.741. The number of hydrogen-bond acceptors (Lipinski definition) is 2. The van der Waals surface area contributed by atoms with E-state index in [0.717, 1.165) is 36.1 Å². The van der Waals surface area contributed by atoms with Crippen molar-refractivity contribution in [3.8, 4) is 5.75 Å². The van der Waals surface area contributed by atoms with Crippen LogP contribution in [0.15, 0.2) is 12.1 Å². The molecular weight excluding hydrogens is 248 g/mol. The van der Waals surface area contributed by atoms with E-state index in [-0.39, 0.29) is 0 Å². The molecule has 1 aromatic carbocycles. The van der Waals surface area contributed by atoms with Crippen LogP contribution in [0.5, 0.6) is 5.75 Å². The van der Waals surface area contributed by atoms with E-state index in [9.17, 15) is 5.11 Å². The maximum absolute atomic E-state index is 11.5. The predicted octanol–water partition coefficient (Wildman–Crippen LogP) is 4.35. The summed E-state index contributed by atoms with van der Waals surface area (Å²) in [5.74, 6) is 1.63.